The molecule has 35 heavy (non-hydrogen) atoms. The number of benzene rings is 2. The number of carbonyl (C=O) groups is 3. The number of aryl methyl sites for hydroxylation is 1. The second-order valence-electron chi connectivity index (χ2n) is 7.11. The Kier molecular flexibility index (Phi) is 8.56. The molecular weight excluding hydrogens is 496 g/mol. The van der Waals surface area contributed by atoms with Crippen LogP contribution >= 0.6 is 22.9 Å². The fourth-order valence-electron chi connectivity index (χ4n) is 3.07. The van der Waals surface area contributed by atoms with E-state index in [0.29, 0.717) is 27.1 Å². The van der Waals surface area contributed by atoms with Gasteiger partial charge in [0.1, 0.15) is 5.75 Å². The molecule has 0 fully saturated rings. The standard InChI is InChI=1S/C24H23ClN2O7S/c1-13-8-17(18(31-2)10-15(13)25)26-22(28)12-34-24(30)14-9-19(32-3)20(33-4)11-16(14)27-23(29)21-6-5-7-35-21/h5-11H,12H2,1-4H3,(H,26,28)(H,27,29). The number of thiophene rings is 1. The third-order valence-corrected chi connectivity index (χ3v) is 6.10. The maximum atomic E-state index is 12.9. The molecule has 0 bridgehead atoms. The van der Waals surface area contributed by atoms with Crippen LogP contribution in [0.4, 0.5) is 11.4 Å². The summed E-state index contributed by atoms with van der Waals surface area (Å²) in [6, 6.07) is 9.42. The minimum atomic E-state index is -0.846. The van der Waals surface area contributed by atoms with Crippen LogP contribution in [0.1, 0.15) is 25.6 Å². The lowest BCUT2D eigenvalue weighted by atomic mass is 10.1. The smallest absolute Gasteiger partial charge is 0.340 e. The molecule has 0 radical (unpaired) electrons. The van der Waals surface area contributed by atoms with Crippen molar-refractivity contribution in [2.45, 2.75) is 6.92 Å². The lowest BCUT2D eigenvalue weighted by molar-refractivity contribution is -0.119. The third kappa shape index (κ3) is 6.23. The number of ether oxygens (including phenoxy) is 4. The van der Waals surface area contributed by atoms with Crippen molar-refractivity contribution < 1.29 is 33.3 Å². The van der Waals surface area contributed by atoms with E-state index < -0.39 is 24.4 Å². The number of carbonyl (C=O) groups excluding carboxylic acids is 3. The first-order valence-electron chi connectivity index (χ1n) is 10.2. The molecule has 2 aromatic carbocycles. The molecule has 2 N–H and O–H groups in total. The predicted molar refractivity (Wildman–Crippen MR) is 133 cm³/mol. The first kappa shape index (κ1) is 25.9. The van der Waals surface area contributed by atoms with Crippen LogP contribution in [0, 0.1) is 6.92 Å². The fourth-order valence-corrected chi connectivity index (χ4v) is 3.84. The Morgan fingerprint density at radius 2 is 1.60 bits per heavy atom. The summed E-state index contributed by atoms with van der Waals surface area (Å²) in [6.07, 6.45) is 0. The zero-order chi connectivity index (χ0) is 25.5. The van der Waals surface area contributed by atoms with E-state index >= 15 is 0 Å². The molecule has 0 aliphatic rings. The zero-order valence-corrected chi connectivity index (χ0v) is 21.0. The summed E-state index contributed by atoms with van der Waals surface area (Å²) in [5.41, 5.74) is 1.24. The van der Waals surface area contributed by atoms with Crippen LogP contribution in [-0.4, -0.2) is 45.7 Å². The Hall–Kier alpha value is -3.76. The number of hydrogen-bond donors (Lipinski definition) is 2. The van der Waals surface area contributed by atoms with E-state index in [1.165, 1.54) is 44.8 Å². The Bertz CT molecular complexity index is 1250. The Morgan fingerprint density at radius 1 is 0.914 bits per heavy atom. The summed E-state index contributed by atoms with van der Waals surface area (Å²) < 4.78 is 21.0. The highest BCUT2D eigenvalue weighted by atomic mass is 35.5. The average Bonchev–Trinajstić information content (AvgIpc) is 3.39. The molecule has 0 unspecified atom stereocenters. The lowest BCUT2D eigenvalue weighted by Gasteiger charge is -2.15. The highest BCUT2D eigenvalue weighted by Crippen LogP contribution is 2.34. The van der Waals surface area contributed by atoms with Crippen molar-refractivity contribution >= 4 is 52.1 Å². The quantitative estimate of drug-likeness (QED) is 0.392. The van der Waals surface area contributed by atoms with Gasteiger partial charge in [-0.25, -0.2) is 4.79 Å². The van der Waals surface area contributed by atoms with Crippen molar-refractivity contribution in [3.05, 3.63) is 62.8 Å². The van der Waals surface area contributed by atoms with Gasteiger partial charge in [0.05, 0.1) is 43.1 Å². The van der Waals surface area contributed by atoms with Crippen LogP contribution in [-0.2, 0) is 9.53 Å². The Morgan fingerprint density at radius 3 is 2.23 bits per heavy atom. The van der Waals surface area contributed by atoms with Crippen LogP contribution in [0.5, 0.6) is 17.2 Å². The third-order valence-electron chi connectivity index (χ3n) is 4.83. The van der Waals surface area contributed by atoms with Gasteiger partial charge in [-0.15, -0.1) is 11.3 Å². The first-order chi connectivity index (χ1) is 16.8. The lowest BCUT2D eigenvalue weighted by Crippen LogP contribution is -2.22. The molecule has 0 atom stereocenters. The number of rotatable bonds is 9. The Labute approximate surface area is 210 Å². The van der Waals surface area contributed by atoms with Crippen LogP contribution < -0.4 is 24.8 Å². The van der Waals surface area contributed by atoms with Crippen molar-refractivity contribution in [2.24, 2.45) is 0 Å². The van der Waals surface area contributed by atoms with Gasteiger partial charge in [-0.05, 0) is 30.0 Å². The van der Waals surface area contributed by atoms with E-state index in [1.807, 2.05) is 0 Å². The van der Waals surface area contributed by atoms with Crippen molar-refractivity contribution in [1.29, 1.82) is 0 Å². The summed E-state index contributed by atoms with van der Waals surface area (Å²) in [5.74, 6) is -0.944. The molecule has 1 heterocycles. The molecule has 0 aliphatic carbocycles. The SMILES string of the molecule is COc1cc(Cl)c(C)cc1NC(=O)COC(=O)c1cc(OC)c(OC)cc1NC(=O)c1cccs1. The van der Waals surface area contributed by atoms with Crippen LogP contribution in [0.15, 0.2) is 41.8 Å². The molecule has 9 nitrogen and oxygen atoms in total. The normalized spacial score (nSPS) is 10.3. The van der Waals surface area contributed by atoms with E-state index in [0.717, 1.165) is 5.56 Å². The minimum Gasteiger partial charge on any atom is -0.495 e. The van der Waals surface area contributed by atoms with Gasteiger partial charge in [-0.3, -0.25) is 9.59 Å². The van der Waals surface area contributed by atoms with Crippen LogP contribution in [0.3, 0.4) is 0 Å². The predicted octanol–water partition coefficient (Wildman–Crippen LogP) is 4.78. The number of anilines is 2. The first-order valence-corrected chi connectivity index (χ1v) is 11.4. The molecule has 3 aromatic rings. The number of esters is 1. The van der Waals surface area contributed by atoms with Gasteiger partial charge in [0.25, 0.3) is 11.8 Å². The second-order valence-corrected chi connectivity index (χ2v) is 8.47. The molecule has 0 spiro atoms. The topological polar surface area (TPSA) is 112 Å². The summed E-state index contributed by atoms with van der Waals surface area (Å²) in [5, 5.41) is 7.55. The number of methoxy groups -OCH3 is 3. The molecule has 184 valence electrons. The zero-order valence-electron chi connectivity index (χ0n) is 19.4. The highest BCUT2D eigenvalue weighted by Gasteiger charge is 2.22. The molecule has 2 amide bonds. The number of nitrogens with one attached hydrogen (secondary N) is 2. The number of hydrogen-bond acceptors (Lipinski definition) is 8. The number of halogens is 1. The summed E-state index contributed by atoms with van der Waals surface area (Å²) in [4.78, 5) is 38.4. The largest absolute Gasteiger partial charge is 0.495 e. The van der Waals surface area contributed by atoms with Gasteiger partial charge < -0.3 is 29.6 Å². The summed E-state index contributed by atoms with van der Waals surface area (Å²) >= 11 is 7.34. The monoisotopic (exact) mass is 518 g/mol. The van der Waals surface area contributed by atoms with Crippen molar-refractivity contribution in [3.8, 4) is 17.2 Å². The highest BCUT2D eigenvalue weighted by molar-refractivity contribution is 7.12. The number of amides is 2. The van der Waals surface area contributed by atoms with Crippen LogP contribution in [0.2, 0.25) is 5.02 Å². The van der Waals surface area contributed by atoms with E-state index in [-0.39, 0.29) is 17.0 Å². The molecule has 0 saturated carbocycles. The summed E-state index contributed by atoms with van der Waals surface area (Å²) in [7, 11) is 4.28. The fraction of sp³-hybridized carbons (Fsp3) is 0.208. The van der Waals surface area contributed by atoms with E-state index in [4.69, 9.17) is 30.5 Å². The molecule has 11 heteroatoms. The maximum Gasteiger partial charge on any atom is 0.340 e. The van der Waals surface area contributed by atoms with Gasteiger partial charge in [0.15, 0.2) is 18.1 Å². The van der Waals surface area contributed by atoms with Crippen LogP contribution in [0.25, 0.3) is 0 Å². The van der Waals surface area contributed by atoms with Crippen molar-refractivity contribution in [2.75, 3.05) is 38.6 Å². The molecule has 0 saturated heterocycles. The van der Waals surface area contributed by atoms with E-state index in [1.54, 1.807) is 36.6 Å². The van der Waals surface area contributed by atoms with E-state index in [2.05, 4.69) is 10.6 Å². The van der Waals surface area contributed by atoms with Gasteiger partial charge in [0, 0.05) is 23.2 Å². The molecule has 3 rings (SSSR count). The van der Waals surface area contributed by atoms with Crippen molar-refractivity contribution in [3.63, 3.8) is 0 Å². The second kappa shape index (κ2) is 11.6. The van der Waals surface area contributed by atoms with Gasteiger partial charge in [-0.1, -0.05) is 17.7 Å². The van der Waals surface area contributed by atoms with Crippen molar-refractivity contribution in [1.82, 2.24) is 0 Å². The van der Waals surface area contributed by atoms with Gasteiger partial charge in [-0.2, -0.15) is 0 Å². The molecule has 1 aromatic heterocycles. The maximum absolute atomic E-state index is 12.9. The van der Waals surface area contributed by atoms with E-state index in [9.17, 15) is 14.4 Å². The average molecular weight is 519 g/mol. The molecule has 0 aliphatic heterocycles. The summed E-state index contributed by atoms with van der Waals surface area (Å²) in [6.45, 7) is 1.19. The van der Waals surface area contributed by atoms with Gasteiger partial charge in [0.2, 0.25) is 0 Å². The van der Waals surface area contributed by atoms with Gasteiger partial charge >= 0.3 is 5.97 Å². The molecular formula is C24H23ClN2O7S. The Balaban J connectivity index is 1.78. The minimum absolute atomic E-state index is 0.0136.